The molecule has 1 N–H and O–H groups in total. The molecule has 0 atom stereocenters. The first-order valence-electron chi connectivity index (χ1n) is 10.6. The van der Waals surface area contributed by atoms with Gasteiger partial charge in [0.25, 0.3) is 11.6 Å². The molecule has 8 heteroatoms. The minimum absolute atomic E-state index is 0.0354. The average molecular weight is 431 g/mol. The number of anilines is 1. The number of aromatic nitrogens is 1. The SMILES string of the molecule is Cc1cc(/C=N\NC(=O)c2ccc(N3CCCC3)cc2)c(C)n1-c1cccc([N+](=O)[O-])c1. The molecule has 164 valence electrons. The fourth-order valence-electron chi connectivity index (χ4n) is 4.09. The van der Waals surface area contributed by atoms with Gasteiger partial charge in [-0.1, -0.05) is 6.07 Å². The van der Waals surface area contributed by atoms with Crippen LogP contribution in [0.15, 0.2) is 59.7 Å². The Morgan fingerprint density at radius 2 is 1.78 bits per heavy atom. The maximum Gasteiger partial charge on any atom is 0.271 e. The van der Waals surface area contributed by atoms with Crippen LogP contribution in [0.1, 0.15) is 40.2 Å². The lowest BCUT2D eigenvalue weighted by atomic mass is 10.2. The normalized spacial score (nSPS) is 13.6. The number of carbonyl (C=O) groups is 1. The van der Waals surface area contributed by atoms with Crippen LogP contribution in [0.4, 0.5) is 11.4 Å². The molecule has 0 spiro atoms. The fourth-order valence-corrected chi connectivity index (χ4v) is 4.09. The smallest absolute Gasteiger partial charge is 0.271 e. The molecule has 0 saturated carbocycles. The second kappa shape index (κ2) is 9.05. The van der Waals surface area contributed by atoms with Gasteiger partial charge in [0.1, 0.15) is 0 Å². The third-order valence-corrected chi connectivity index (χ3v) is 5.74. The van der Waals surface area contributed by atoms with Gasteiger partial charge in [0, 0.05) is 53.4 Å². The first kappa shape index (κ1) is 21.3. The predicted octanol–water partition coefficient (Wildman–Crippen LogP) is 4.37. The molecule has 3 aromatic rings. The molecule has 0 bridgehead atoms. The minimum Gasteiger partial charge on any atom is -0.372 e. The van der Waals surface area contributed by atoms with Crippen LogP contribution >= 0.6 is 0 Å². The first-order chi connectivity index (χ1) is 15.4. The second-order valence-electron chi connectivity index (χ2n) is 7.88. The third kappa shape index (κ3) is 4.39. The molecule has 2 aromatic carbocycles. The Labute approximate surface area is 186 Å². The lowest BCUT2D eigenvalue weighted by molar-refractivity contribution is -0.384. The van der Waals surface area contributed by atoms with Crippen molar-refractivity contribution in [3.63, 3.8) is 0 Å². The number of non-ortho nitro benzene ring substituents is 1. The van der Waals surface area contributed by atoms with Gasteiger partial charge in [-0.3, -0.25) is 14.9 Å². The number of nitrogens with zero attached hydrogens (tertiary/aromatic N) is 4. The molecule has 1 aromatic heterocycles. The van der Waals surface area contributed by atoms with Crippen molar-refractivity contribution in [2.45, 2.75) is 26.7 Å². The molecule has 0 radical (unpaired) electrons. The quantitative estimate of drug-likeness (QED) is 0.356. The number of nitro groups is 1. The minimum atomic E-state index is -0.409. The maximum atomic E-state index is 12.4. The first-order valence-corrected chi connectivity index (χ1v) is 10.6. The van der Waals surface area contributed by atoms with Gasteiger partial charge < -0.3 is 9.47 Å². The van der Waals surface area contributed by atoms with Crippen LogP contribution in [0.3, 0.4) is 0 Å². The van der Waals surface area contributed by atoms with Crippen molar-refractivity contribution in [2.75, 3.05) is 18.0 Å². The highest BCUT2D eigenvalue weighted by Gasteiger charge is 2.14. The standard InChI is InChI=1S/C24H25N5O3/c1-17-14-20(18(2)28(17)22-6-5-7-23(15-22)29(31)32)16-25-26-24(30)19-8-10-21(11-9-19)27-12-3-4-13-27/h5-11,14-16H,3-4,12-13H2,1-2H3,(H,26,30)/b25-16-. The molecule has 1 saturated heterocycles. The number of nitrogens with one attached hydrogen (secondary N) is 1. The lowest BCUT2D eigenvalue weighted by Crippen LogP contribution is -2.19. The van der Waals surface area contributed by atoms with Gasteiger partial charge in [0.15, 0.2) is 0 Å². The van der Waals surface area contributed by atoms with Crippen molar-refractivity contribution in [1.29, 1.82) is 0 Å². The molecule has 32 heavy (non-hydrogen) atoms. The van der Waals surface area contributed by atoms with Gasteiger partial charge in [0.05, 0.1) is 16.8 Å². The van der Waals surface area contributed by atoms with Crippen molar-refractivity contribution >= 4 is 23.5 Å². The Balaban J connectivity index is 1.46. The third-order valence-electron chi connectivity index (χ3n) is 5.74. The highest BCUT2D eigenvalue weighted by molar-refractivity contribution is 5.95. The summed E-state index contributed by atoms with van der Waals surface area (Å²) in [7, 11) is 0. The van der Waals surface area contributed by atoms with E-state index in [2.05, 4.69) is 15.4 Å². The molecule has 8 nitrogen and oxygen atoms in total. The van der Waals surface area contributed by atoms with Gasteiger partial charge in [-0.25, -0.2) is 5.43 Å². The summed E-state index contributed by atoms with van der Waals surface area (Å²) >= 11 is 0. The summed E-state index contributed by atoms with van der Waals surface area (Å²) in [5.41, 5.74) is 7.60. The van der Waals surface area contributed by atoms with Gasteiger partial charge in [-0.15, -0.1) is 0 Å². The van der Waals surface area contributed by atoms with Gasteiger partial charge in [0.2, 0.25) is 0 Å². The van der Waals surface area contributed by atoms with Gasteiger partial charge in [-0.2, -0.15) is 5.10 Å². The Bertz CT molecular complexity index is 1170. The summed E-state index contributed by atoms with van der Waals surface area (Å²) in [5, 5.41) is 15.2. The Kier molecular flexibility index (Phi) is 6.02. The van der Waals surface area contributed by atoms with E-state index in [1.54, 1.807) is 12.3 Å². The Morgan fingerprint density at radius 3 is 2.47 bits per heavy atom. The van der Waals surface area contributed by atoms with Gasteiger partial charge in [-0.05, 0) is 63.1 Å². The van der Waals surface area contributed by atoms with E-state index in [-0.39, 0.29) is 11.6 Å². The van der Waals surface area contributed by atoms with Crippen LogP contribution in [0.5, 0.6) is 0 Å². The number of carbonyl (C=O) groups excluding carboxylic acids is 1. The largest absolute Gasteiger partial charge is 0.372 e. The molecule has 1 aliphatic rings. The number of nitro benzene ring substituents is 1. The number of hydrazone groups is 1. The van der Waals surface area contributed by atoms with Crippen molar-refractivity contribution in [1.82, 2.24) is 9.99 Å². The monoisotopic (exact) mass is 431 g/mol. The number of amides is 1. The van der Waals surface area contributed by atoms with Crippen LogP contribution in [0.25, 0.3) is 5.69 Å². The van der Waals surface area contributed by atoms with Crippen LogP contribution in [-0.4, -0.2) is 34.7 Å². The van der Waals surface area contributed by atoms with Crippen LogP contribution < -0.4 is 10.3 Å². The van der Waals surface area contributed by atoms with E-state index in [0.29, 0.717) is 11.3 Å². The van der Waals surface area contributed by atoms with Gasteiger partial charge >= 0.3 is 0 Å². The second-order valence-corrected chi connectivity index (χ2v) is 7.88. The molecule has 0 unspecified atom stereocenters. The van der Waals surface area contributed by atoms with E-state index in [9.17, 15) is 14.9 Å². The average Bonchev–Trinajstić information content (AvgIpc) is 3.42. The number of aryl methyl sites for hydroxylation is 1. The lowest BCUT2D eigenvalue weighted by Gasteiger charge is -2.17. The Hall–Kier alpha value is -3.94. The molecule has 0 aliphatic carbocycles. The fraction of sp³-hybridized carbons (Fsp3) is 0.250. The van der Waals surface area contributed by atoms with E-state index in [1.165, 1.54) is 25.0 Å². The zero-order chi connectivity index (χ0) is 22.7. The van der Waals surface area contributed by atoms with E-state index in [4.69, 9.17) is 0 Å². The van der Waals surface area contributed by atoms with Crippen molar-refractivity contribution in [3.8, 4) is 5.69 Å². The molecular formula is C24H25N5O3. The number of benzene rings is 2. The van der Waals surface area contributed by atoms with Crippen molar-refractivity contribution in [2.24, 2.45) is 5.10 Å². The molecular weight excluding hydrogens is 406 g/mol. The van der Waals surface area contributed by atoms with Crippen molar-refractivity contribution in [3.05, 3.63) is 87.2 Å². The summed E-state index contributed by atoms with van der Waals surface area (Å²) in [5.74, 6) is -0.276. The van der Waals surface area contributed by atoms with Crippen molar-refractivity contribution < 1.29 is 9.72 Å². The molecule has 1 amide bonds. The zero-order valence-corrected chi connectivity index (χ0v) is 18.1. The molecule has 1 aliphatic heterocycles. The topological polar surface area (TPSA) is 92.8 Å². The predicted molar refractivity (Wildman–Crippen MR) is 125 cm³/mol. The summed E-state index contributed by atoms with van der Waals surface area (Å²) in [6.07, 6.45) is 4.00. The molecule has 2 heterocycles. The molecule has 1 fully saturated rings. The Morgan fingerprint density at radius 1 is 1.06 bits per heavy atom. The zero-order valence-electron chi connectivity index (χ0n) is 18.1. The maximum absolute atomic E-state index is 12.4. The van der Waals surface area contributed by atoms with E-state index >= 15 is 0 Å². The summed E-state index contributed by atoms with van der Waals surface area (Å²) in [6, 6.07) is 16.0. The molecule has 4 rings (SSSR count). The van der Waals surface area contributed by atoms with E-state index in [1.807, 2.05) is 54.8 Å². The van der Waals surface area contributed by atoms with E-state index in [0.717, 1.165) is 35.7 Å². The van der Waals surface area contributed by atoms with Crippen LogP contribution in [0, 0.1) is 24.0 Å². The number of hydrogen-bond acceptors (Lipinski definition) is 5. The van der Waals surface area contributed by atoms with Crippen LogP contribution in [0.2, 0.25) is 0 Å². The van der Waals surface area contributed by atoms with Crippen LogP contribution in [-0.2, 0) is 0 Å². The summed E-state index contributed by atoms with van der Waals surface area (Å²) in [4.78, 5) is 25.4. The highest BCUT2D eigenvalue weighted by atomic mass is 16.6. The number of rotatable bonds is 6. The summed E-state index contributed by atoms with van der Waals surface area (Å²) in [6.45, 7) is 5.95. The number of hydrogen-bond donors (Lipinski definition) is 1. The van der Waals surface area contributed by atoms with E-state index < -0.39 is 4.92 Å². The summed E-state index contributed by atoms with van der Waals surface area (Å²) < 4.78 is 1.92. The highest BCUT2D eigenvalue weighted by Crippen LogP contribution is 2.23.